The first kappa shape index (κ1) is 17.7. The Hall–Kier alpha value is -0.670. The van der Waals surface area contributed by atoms with E-state index in [1.807, 2.05) is 0 Å². The third-order valence-electron chi connectivity index (χ3n) is 3.68. The fourth-order valence-electron chi connectivity index (χ4n) is 2.33. The highest BCUT2D eigenvalue weighted by atomic mass is 35.5. The van der Waals surface area contributed by atoms with E-state index in [4.69, 9.17) is 17.3 Å². The van der Waals surface area contributed by atoms with Crippen molar-refractivity contribution in [2.24, 2.45) is 11.7 Å². The van der Waals surface area contributed by atoms with Gasteiger partial charge in [0.2, 0.25) is 5.91 Å². The molecule has 0 aromatic carbocycles. The first-order chi connectivity index (χ1) is 10.4. The second kappa shape index (κ2) is 7.27. The van der Waals surface area contributed by atoms with Crippen LogP contribution in [0.1, 0.15) is 13.3 Å². The molecule has 1 atom stereocenters. The van der Waals surface area contributed by atoms with E-state index >= 15 is 0 Å². The lowest BCUT2D eigenvalue weighted by Crippen LogP contribution is -2.41. The van der Waals surface area contributed by atoms with Gasteiger partial charge in [-0.2, -0.15) is 4.31 Å². The van der Waals surface area contributed by atoms with Gasteiger partial charge in [-0.3, -0.25) is 4.79 Å². The van der Waals surface area contributed by atoms with Gasteiger partial charge >= 0.3 is 0 Å². The van der Waals surface area contributed by atoms with E-state index in [1.54, 1.807) is 17.9 Å². The summed E-state index contributed by atoms with van der Waals surface area (Å²) in [4.78, 5) is 13.9. The Labute approximate surface area is 139 Å². The Balaban J connectivity index is 2.08. The van der Waals surface area contributed by atoms with Gasteiger partial charge in [-0.05, 0) is 18.6 Å². The molecule has 1 unspecified atom stereocenters. The van der Waals surface area contributed by atoms with Crippen molar-refractivity contribution < 1.29 is 13.2 Å². The number of carbonyl (C=O) groups excluding carboxylic acids is 1. The van der Waals surface area contributed by atoms with Crippen molar-refractivity contribution in [1.82, 2.24) is 9.21 Å². The first-order valence-corrected chi connectivity index (χ1v) is 9.74. The normalized spacial score (nSPS) is 19.0. The molecule has 22 heavy (non-hydrogen) atoms. The van der Waals surface area contributed by atoms with Crippen LogP contribution < -0.4 is 5.73 Å². The van der Waals surface area contributed by atoms with Gasteiger partial charge in [0.1, 0.15) is 4.21 Å². The zero-order valence-corrected chi connectivity index (χ0v) is 14.8. The summed E-state index contributed by atoms with van der Waals surface area (Å²) in [7, 11) is -3.53. The topological polar surface area (TPSA) is 83.7 Å². The van der Waals surface area contributed by atoms with Gasteiger partial charge in [-0.1, -0.05) is 18.5 Å². The van der Waals surface area contributed by atoms with Gasteiger partial charge in [0.05, 0.1) is 4.34 Å². The lowest BCUT2D eigenvalue weighted by Gasteiger charge is -2.24. The summed E-state index contributed by atoms with van der Waals surface area (Å²) < 4.78 is 27.3. The number of nitrogens with two attached hydrogens (primary N) is 1. The number of carbonyl (C=O) groups is 1. The van der Waals surface area contributed by atoms with Crippen LogP contribution in [0.15, 0.2) is 16.3 Å². The molecule has 1 amide bonds. The largest absolute Gasteiger partial charge is 0.341 e. The van der Waals surface area contributed by atoms with Gasteiger partial charge < -0.3 is 10.6 Å². The van der Waals surface area contributed by atoms with Crippen LogP contribution in [-0.4, -0.2) is 56.3 Å². The van der Waals surface area contributed by atoms with Gasteiger partial charge in [0.25, 0.3) is 10.0 Å². The molecule has 0 saturated carbocycles. The molecule has 1 aliphatic heterocycles. The number of amides is 1. The maximum atomic E-state index is 12.6. The number of rotatable bonds is 4. The predicted octanol–water partition coefficient (Wildman–Crippen LogP) is 1.22. The van der Waals surface area contributed by atoms with Crippen molar-refractivity contribution in [2.75, 3.05) is 32.7 Å². The lowest BCUT2D eigenvalue weighted by molar-refractivity contribution is -0.134. The van der Waals surface area contributed by atoms with E-state index < -0.39 is 10.0 Å². The molecular formula is C13H20ClN3O3S2. The van der Waals surface area contributed by atoms with Crippen molar-refractivity contribution in [3.8, 4) is 0 Å². The summed E-state index contributed by atoms with van der Waals surface area (Å²) in [6.45, 7) is 3.72. The van der Waals surface area contributed by atoms with Crippen LogP contribution in [-0.2, 0) is 14.8 Å². The molecule has 124 valence electrons. The highest BCUT2D eigenvalue weighted by molar-refractivity contribution is 7.91. The average Bonchev–Trinajstić information content (AvgIpc) is 2.79. The second-order valence-corrected chi connectivity index (χ2v) is 9.16. The van der Waals surface area contributed by atoms with Crippen LogP contribution in [0.4, 0.5) is 0 Å². The Kier molecular flexibility index (Phi) is 5.84. The van der Waals surface area contributed by atoms with Crippen LogP contribution in [0.5, 0.6) is 0 Å². The molecule has 1 saturated heterocycles. The number of sulfonamides is 1. The van der Waals surface area contributed by atoms with Crippen molar-refractivity contribution >= 4 is 38.9 Å². The van der Waals surface area contributed by atoms with E-state index in [0.29, 0.717) is 43.5 Å². The molecule has 6 nitrogen and oxygen atoms in total. The highest BCUT2D eigenvalue weighted by Gasteiger charge is 2.30. The van der Waals surface area contributed by atoms with E-state index in [9.17, 15) is 13.2 Å². The molecular weight excluding hydrogens is 346 g/mol. The van der Waals surface area contributed by atoms with E-state index in [1.165, 1.54) is 10.4 Å². The maximum absolute atomic E-state index is 12.6. The van der Waals surface area contributed by atoms with E-state index in [-0.39, 0.29) is 16.0 Å². The van der Waals surface area contributed by atoms with Crippen LogP contribution in [0.2, 0.25) is 4.34 Å². The first-order valence-electron chi connectivity index (χ1n) is 7.10. The summed E-state index contributed by atoms with van der Waals surface area (Å²) >= 11 is 6.87. The minimum atomic E-state index is -3.53. The summed E-state index contributed by atoms with van der Waals surface area (Å²) in [5.74, 6) is -0.250. The average molecular weight is 366 g/mol. The standard InChI is InChI=1S/C13H20ClN3O3S2/c1-10(9-15)13(18)16-5-2-6-17(8-7-16)22(19,20)12-4-3-11(14)21-12/h3-4,10H,2,5-9,15H2,1H3. The minimum absolute atomic E-state index is 0.0130. The van der Waals surface area contributed by atoms with Gasteiger partial charge in [0.15, 0.2) is 0 Å². The van der Waals surface area contributed by atoms with Crippen molar-refractivity contribution in [2.45, 2.75) is 17.6 Å². The summed E-state index contributed by atoms with van der Waals surface area (Å²) in [5.41, 5.74) is 5.53. The molecule has 2 heterocycles. The van der Waals surface area contributed by atoms with E-state index in [2.05, 4.69) is 0 Å². The number of thiophene rings is 1. The van der Waals surface area contributed by atoms with Crippen LogP contribution in [0.3, 0.4) is 0 Å². The summed E-state index contributed by atoms with van der Waals surface area (Å²) in [5, 5.41) is 0. The molecule has 1 fully saturated rings. The summed E-state index contributed by atoms with van der Waals surface area (Å²) in [6.07, 6.45) is 0.612. The molecule has 2 N–H and O–H groups in total. The van der Waals surface area contributed by atoms with Crippen molar-refractivity contribution in [3.05, 3.63) is 16.5 Å². The number of hydrogen-bond acceptors (Lipinski definition) is 5. The molecule has 0 radical (unpaired) electrons. The highest BCUT2D eigenvalue weighted by Crippen LogP contribution is 2.28. The zero-order valence-electron chi connectivity index (χ0n) is 12.4. The molecule has 0 spiro atoms. The monoisotopic (exact) mass is 365 g/mol. The fourth-order valence-corrected chi connectivity index (χ4v) is 5.44. The third kappa shape index (κ3) is 3.80. The lowest BCUT2D eigenvalue weighted by atomic mass is 10.1. The quantitative estimate of drug-likeness (QED) is 0.869. The fraction of sp³-hybridized carbons (Fsp3) is 0.615. The predicted molar refractivity (Wildman–Crippen MR) is 87.5 cm³/mol. The SMILES string of the molecule is CC(CN)C(=O)N1CCCN(S(=O)(=O)c2ccc(Cl)s2)CC1. The zero-order chi connectivity index (χ0) is 16.3. The molecule has 0 aliphatic carbocycles. The Morgan fingerprint density at radius 2 is 2.09 bits per heavy atom. The summed E-state index contributed by atoms with van der Waals surface area (Å²) in [6, 6.07) is 3.10. The molecule has 2 rings (SSSR count). The van der Waals surface area contributed by atoms with Crippen LogP contribution in [0.25, 0.3) is 0 Å². The number of nitrogens with zero attached hydrogens (tertiary/aromatic N) is 2. The van der Waals surface area contributed by atoms with E-state index in [0.717, 1.165) is 11.3 Å². The third-order valence-corrected chi connectivity index (χ3v) is 7.28. The van der Waals surface area contributed by atoms with Crippen LogP contribution >= 0.6 is 22.9 Å². The minimum Gasteiger partial charge on any atom is -0.341 e. The second-order valence-electron chi connectivity index (χ2n) is 5.28. The Morgan fingerprint density at radius 3 is 2.68 bits per heavy atom. The van der Waals surface area contributed by atoms with Crippen molar-refractivity contribution in [1.29, 1.82) is 0 Å². The molecule has 0 bridgehead atoms. The smallest absolute Gasteiger partial charge is 0.252 e. The Morgan fingerprint density at radius 1 is 1.36 bits per heavy atom. The maximum Gasteiger partial charge on any atom is 0.252 e. The number of hydrogen-bond donors (Lipinski definition) is 1. The number of halogens is 1. The molecule has 9 heteroatoms. The van der Waals surface area contributed by atoms with Gasteiger partial charge in [-0.15, -0.1) is 11.3 Å². The molecule has 1 aromatic rings. The molecule has 1 aliphatic rings. The molecule has 1 aromatic heterocycles. The van der Waals surface area contributed by atoms with Gasteiger partial charge in [0, 0.05) is 38.6 Å². The van der Waals surface area contributed by atoms with Gasteiger partial charge in [-0.25, -0.2) is 8.42 Å². The van der Waals surface area contributed by atoms with Crippen LogP contribution in [0, 0.1) is 5.92 Å². The Bertz CT molecular complexity index is 632. The van der Waals surface area contributed by atoms with Crippen molar-refractivity contribution in [3.63, 3.8) is 0 Å².